The Balaban J connectivity index is 2.42. The van der Waals surface area contributed by atoms with Gasteiger partial charge in [-0.05, 0) is 37.3 Å². The monoisotopic (exact) mass is 269 g/mol. The SMILES string of the molecule is Cc1nc2ccccc2c(=O)n1-c1cc(N)ccc1F. The summed E-state index contributed by atoms with van der Waals surface area (Å²) in [6.45, 7) is 1.66. The molecular formula is C15H12FN3O. The Hall–Kier alpha value is -2.69. The molecule has 0 atom stereocenters. The molecule has 0 spiro atoms. The number of anilines is 1. The molecule has 0 saturated heterocycles. The minimum atomic E-state index is -0.513. The Labute approximate surface area is 114 Å². The summed E-state index contributed by atoms with van der Waals surface area (Å²) >= 11 is 0. The minimum Gasteiger partial charge on any atom is -0.399 e. The smallest absolute Gasteiger partial charge is 0.266 e. The average Bonchev–Trinajstić information content (AvgIpc) is 2.42. The van der Waals surface area contributed by atoms with Crippen molar-refractivity contribution in [1.29, 1.82) is 0 Å². The van der Waals surface area contributed by atoms with Crippen LogP contribution >= 0.6 is 0 Å². The molecule has 0 amide bonds. The molecule has 0 aliphatic rings. The molecule has 1 heterocycles. The quantitative estimate of drug-likeness (QED) is 0.690. The van der Waals surface area contributed by atoms with Gasteiger partial charge in [0.2, 0.25) is 0 Å². The third-order valence-corrected chi connectivity index (χ3v) is 3.15. The third kappa shape index (κ3) is 1.84. The van der Waals surface area contributed by atoms with Crippen LogP contribution in [0.2, 0.25) is 0 Å². The first kappa shape index (κ1) is 12.3. The summed E-state index contributed by atoms with van der Waals surface area (Å²) in [6, 6.07) is 11.1. The number of nitrogens with zero attached hydrogens (tertiary/aromatic N) is 2. The summed E-state index contributed by atoms with van der Waals surface area (Å²) in [6.07, 6.45) is 0. The Morgan fingerprint density at radius 3 is 2.75 bits per heavy atom. The molecule has 3 rings (SSSR count). The van der Waals surface area contributed by atoms with Gasteiger partial charge in [0, 0.05) is 5.69 Å². The van der Waals surface area contributed by atoms with E-state index in [0.717, 1.165) is 0 Å². The van der Waals surface area contributed by atoms with Crippen molar-refractivity contribution in [1.82, 2.24) is 9.55 Å². The molecule has 0 aliphatic carbocycles. The van der Waals surface area contributed by atoms with Gasteiger partial charge in [-0.1, -0.05) is 12.1 Å². The van der Waals surface area contributed by atoms with Crippen LogP contribution in [0.4, 0.5) is 10.1 Å². The van der Waals surface area contributed by atoms with E-state index in [2.05, 4.69) is 4.98 Å². The molecule has 5 heteroatoms. The molecule has 1 aromatic heterocycles. The maximum atomic E-state index is 14.0. The van der Waals surface area contributed by atoms with E-state index in [4.69, 9.17) is 5.73 Å². The first-order chi connectivity index (χ1) is 9.58. The molecule has 2 N–H and O–H groups in total. The van der Waals surface area contributed by atoms with Crippen LogP contribution in [0.15, 0.2) is 47.3 Å². The lowest BCUT2D eigenvalue weighted by Crippen LogP contribution is -2.23. The van der Waals surface area contributed by atoms with E-state index >= 15 is 0 Å². The van der Waals surface area contributed by atoms with E-state index in [-0.39, 0.29) is 11.2 Å². The first-order valence-corrected chi connectivity index (χ1v) is 6.12. The highest BCUT2D eigenvalue weighted by Gasteiger charge is 2.13. The predicted molar refractivity (Wildman–Crippen MR) is 76.4 cm³/mol. The van der Waals surface area contributed by atoms with Gasteiger partial charge in [-0.3, -0.25) is 9.36 Å². The summed E-state index contributed by atoms with van der Waals surface area (Å²) in [4.78, 5) is 16.9. The molecule has 4 nitrogen and oxygen atoms in total. The van der Waals surface area contributed by atoms with Crippen LogP contribution < -0.4 is 11.3 Å². The summed E-state index contributed by atoms with van der Waals surface area (Å²) in [5, 5.41) is 0.444. The standard InChI is InChI=1S/C15H12FN3O/c1-9-18-13-5-3-2-4-11(13)15(20)19(9)14-8-10(17)6-7-12(14)16/h2-8H,17H2,1H3. The Morgan fingerprint density at radius 1 is 1.20 bits per heavy atom. The van der Waals surface area contributed by atoms with Gasteiger partial charge in [0.15, 0.2) is 0 Å². The summed E-state index contributed by atoms with van der Waals surface area (Å²) in [7, 11) is 0. The van der Waals surface area contributed by atoms with Gasteiger partial charge in [-0.2, -0.15) is 0 Å². The number of halogens is 1. The van der Waals surface area contributed by atoms with Crippen LogP contribution in [0.1, 0.15) is 5.82 Å². The van der Waals surface area contributed by atoms with Crippen molar-refractivity contribution in [3.05, 3.63) is 64.5 Å². The number of nitrogens with two attached hydrogens (primary N) is 1. The Morgan fingerprint density at radius 2 is 1.95 bits per heavy atom. The van der Waals surface area contributed by atoms with Crippen molar-refractivity contribution in [3.63, 3.8) is 0 Å². The van der Waals surface area contributed by atoms with E-state index in [9.17, 15) is 9.18 Å². The van der Waals surface area contributed by atoms with Gasteiger partial charge in [-0.15, -0.1) is 0 Å². The Kier molecular flexibility index (Phi) is 2.75. The Bertz CT molecular complexity index is 871. The zero-order valence-electron chi connectivity index (χ0n) is 10.8. The van der Waals surface area contributed by atoms with Crippen molar-refractivity contribution in [2.24, 2.45) is 0 Å². The van der Waals surface area contributed by atoms with Crippen molar-refractivity contribution in [3.8, 4) is 5.69 Å². The topological polar surface area (TPSA) is 60.9 Å². The fraction of sp³-hybridized carbons (Fsp3) is 0.0667. The molecule has 0 radical (unpaired) electrons. The van der Waals surface area contributed by atoms with E-state index in [0.29, 0.717) is 22.4 Å². The fourth-order valence-corrected chi connectivity index (χ4v) is 2.23. The van der Waals surface area contributed by atoms with Gasteiger partial charge in [0.25, 0.3) is 5.56 Å². The first-order valence-electron chi connectivity index (χ1n) is 6.12. The van der Waals surface area contributed by atoms with E-state index < -0.39 is 5.82 Å². The van der Waals surface area contributed by atoms with Crippen LogP contribution in [0.3, 0.4) is 0 Å². The number of aryl methyl sites for hydroxylation is 1. The largest absolute Gasteiger partial charge is 0.399 e. The van der Waals surface area contributed by atoms with Gasteiger partial charge in [0.1, 0.15) is 11.6 Å². The zero-order valence-corrected chi connectivity index (χ0v) is 10.8. The number of aromatic nitrogens is 2. The van der Waals surface area contributed by atoms with Crippen molar-refractivity contribution >= 4 is 16.6 Å². The number of para-hydroxylation sites is 1. The number of hydrogen-bond acceptors (Lipinski definition) is 3. The molecule has 0 saturated carbocycles. The molecule has 2 aromatic carbocycles. The summed E-state index contributed by atoms with van der Waals surface area (Å²) in [5.41, 5.74) is 6.47. The average molecular weight is 269 g/mol. The van der Waals surface area contributed by atoms with Crippen LogP contribution in [0, 0.1) is 12.7 Å². The molecule has 3 aromatic rings. The molecule has 100 valence electrons. The maximum Gasteiger partial charge on any atom is 0.266 e. The van der Waals surface area contributed by atoms with Crippen LogP contribution in [-0.4, -0.2) is 9.55 Å². The predicted octanol–water partition coefficient (Wildman–Crippen LogP) is 2.42. The number of hydrogen-bond donors (Lipinski definition) is 1. The zero-order chi connectivity index (χ0) is 14.3. The van der Waals surface area contributed by atoms with Crippen LogP contribution in [0.5, 0.6) is 0 Å². The second-order valence-electron chi connectivity index (χ2n) is 4.53. The van der Waals surface area contributed by atoms with Gasteiger partial charge in [0.05, 0.1) is 16.6 Å². The van der Waals surface area contributed by atoms with E-state index in [1.54, 1.807) is 31.2 Å². The lowest BCUT2D eigenvalue weighted by Gasteiger charge is -2.12. The molecule has 0 bridgehead atoms. The van der Waals surface area contributed by atoms with Crippen molar-refractivity contribution in [2.75, 3.05) is 5.73 Å². The maximum absolute atomic E-state index is 14.0. The number of rotatable bonds is 1. The van der Waals surface area contributed by atoms with Gasteiger partial charge in [-0.25, -0.2) is 9.37 Å². The lowest BCUT2D eigenvalue weighted by molar-refractivity contribution is 0.614. The summed E-state index contributed by atoms with van der Waals surface area (Å²) < 4.78 is 15.2. The molecule has 20 heavy (non-hydrogen) atoms. The highest BCUT2D eigenvalue weighted by Crippen LogP contribution is 2.18. The van der Waals surface area contributed by atoms with Crippen LogP contribution in [-0.2, 0) is 0 Å². The highest BCUT2D eigenvalue weighted by atomic mass is 19.1. The summed E-state index contributed by atoms with van der Waals surface area (Å²) in [5.74, 6) is -0.0975. The normalized spacial score (nSPS) is 10.9. The number of benzene rings is 2. The number of fused-ring (bicyclic) bond motifs is 1. The van der Waals surface area contributed by atoms with Crippen molar-refractivity contribution < 1.29 is 4.39 Å². The molecular weight excluding hydrogens is 257 g/mol. The minimum absolute atomic E-state index is 0.116. The fourth-order valence-electron chi connectivity index (χ4n) is 2.23. The highest BCUT2D eigenvalue weighted by molar-refractivity contribution is 5.77. The molecule has 0 fully saturated rings. The lowest BCUT2D eigenvalue weighted by atomic mass is 10.2. The number of nitrogen functional groups attached to an aromatic ring is 1. The van der Waals surface area contributed by atoms with E-state index in [1.807, 2.05) is 0 Å². The van der Waals surface area contributed by atoms with Gasteiger partial charge >= 0.3 is 0 Å². The molecule has 0 unspecified atom stereocenters. The molecule has 0 aliphatic heterocycles. The second kappa shape index (κ2) is 4.45. The van der Waals surface area contributed by atoms with E-state index in [1.165, 1.54) is 22.8 Å². The van der Waals surface area contributed by atoms with Crippen LogP contribution in [0.25, 0.3) is 16.6 Å². The van der Waals surface area contributed by atoms with Crippen molar-refractivity contribution in [2.45, 2.75) is 6.92 Å². The second-order valence-corrected chi connectivity index (χ2v) is 4.53. The van der Waals surface area contributed by atoms with Gasteiger partial charge < -0.3 is 5.73 Å². The third-order valence-electron chi connectivity index (χ3n) is 3.15.